The lowest BCUT2D eigenvalue weighted by Gasteiger charge is -2.31. The van der Waals surface area contributed by atoms with E-state index in [9.17, 15) is 4.79 Å². The Morgan fingerprint density at radius 3 is 2.52 bits per heavy atom. The van der Waals surface area contributed by atoms with Crippen molar-refractivity contribution in [2.45, 2.75) is 53.1 Å². The summed E-state index contributed by atoms with van der Waals surface area (Å²) in [6.07, 6.45) is 0. The molecule has 0 fully saturated rings. The van der Waals surface area contributed by atoms with Gasteiger partial charge in [-0.1, -0.05) is 0 Å². The van der Waals surface area contributed by atoms with Crippen LogP contribution in [0, 0.1) is 6.92 Å². The van der Waals surface area contributed by atoms with Gasteiger partial charge in [0, 0.05) is 12.1 Å². The summed E-state index contributed by atoms with van der Waals surface area (Å²) in [5, 5.41) is 7.47. The monoisotopic (exact) mass is 511 g/mol. The van der Waals surface area contributed by atoms with Crippen LogP contribution in [0.2, 0.25) is 0 Å². The third kappa shape index (κ3) is 7.90. The van der Waals surface area contributed by atoms with Gasteiger partial charge in [-0.3, -0.25) is 4.99 Å². The van der Waals surface area contributed by atoms with Crippen molar-refractivity contribution >= 4 is 47.2 Å². The molecule has 1 aromatic heterocycles. The predicted octanol–water partition coefficient (Wildman–Crippen LogP) is 3.20. The molecule has 0 spiro atoms. The van der Waals surface area contributed by atoms with Crippen LogP contribution in [-0.4, -0.2) is 61.1 Å². The number of likely N-dealkylation sites (N-methyl/N-ethyl adjacent to an activating group) is 1. The Hall–Kier alpha value is -0.940. The summed E-state index contributed by atoms with van der Waals surface area (Å²) in [4.78, 5) is 23.9. The highest BCUT2D eigenvalue weighted by molar-refractivity contribution is 14.0. The normalized spacial score (nSPS) is 13.1. The maximum atomic E-state index is 12.0. The lowest BCUT2D eigenvalue weighted by Crippen LogP contribution is -2.44. The van der Waals surface area contributed by atoms with Gasteiger partial charge in [0.25, 0.3) is 0 Å². The third-order valence-electron chi connectivity index (χ3n) is 4.18. The van der Waals surface area contributed by atoms with Gasteiger partial charge in [0.15, 0.2) is 5.96 Å². The first kappa shape index (κ1) is 26.1. The van der Waals surface area contributed by atoms with Crippen molar-refractivity contribution in [2.75, 3.05) is 33.8 Å². The minimum Gasteiger partial charge on any atom is -0.462 e. The number of carbonyl (C=O) groups excluding carboxylic acids is 1. The van der Waals surface area contributed by atoms with Crippen molar-refractivity contribution in [3.8, 4) is 0 Å². The number of hydrogen-bond donors (Lipinski definition) is 2. The number of guanidine groups is 1. The van der Waals surface area contributed by atoms with E-state index in [1.165, 1.54) is 11.3 Å². The summed E-state index contributed by atoms with van der Waals surface area (Å²) in [5.41, 5.74) is 0.660. The second kappa shape index (κ2) is 11.8. The third-order valence-corrected chi connectivity index (χ3v) is 5.50. The van der Waals surface area contributed by atoms with Gasteiger partial charge >= 0.3 is 5.97 Å². The quantitative estimate of drug-likeness (QED) is 0.242. The average Bonchev–Trinajstić information content (AvgIpc) is 2.95. The van der Waals surface area contributed by atoms with Crippen molar-refractivity contribution in [1.82, 2.24) is 20.5 Å². The minimum absolute atomic E-state index is 0. The number of halogens is 1. The number of aromatic nitrogens is 1. The van der Waals surface area contributed by atoms with Gasteiger partial charge in [0.05, 0.1) is 24.9 Å². The molecule has 0 saturated heterocycles. The SMILES string of the molecule is CCNC(=NCC(C)(C)N(C)C)NC(C)c1nc(C)c(C(=O)OCC)s1.I. The molecule has 1 unspecified atom stereocenters. The van der Waals surface area contributed by atoms with Crippen LogP contribution in [0.3, 0.4) is 0 Å². The van der Waals surface area contributed by atoms with E-state index in [4.69, 9.17) is 9.73 Å². The van der Waals surface area contributed by atoms with Gasteiger partial charge in [-0.05, 0) is 55.6 Å². The van der Waals surface area contributed by atoms with E-state index in [1.54, 1.807) is 6.92 Å². The number of aliphatic imine (C=N–C) groups is 1. The number of esters is 1. The van der Waals surface area contributed by atoms with E-state index >= 15 is 0 Å². The molecule has 1 aromatic rings. The fourth-order valence-corrected chi connectivity index (χ4v) is 2.95. The molecule has 0 bridgehead atoms. The summed E-state index contributed by atoms with van der Waals surface area (Å²) in [6.45, 7) is 13.8. The standard InChI is InChI=1S/C18H33N5O2S.HI/c1-9-19-17(20-11-18(5,6)23(7)8)22-13(4)15-21-12(3)14(26-15)16(24)25-10-2;/h13H,9-11H2,1-8H3,(H2,19,20,22);1H. The van der Waals surface area contributed by atoms with Crippen LogP contribution in [-0.2, 0) is 4.74 Å². The number of ether oxygens (including phenoxy) is 1. The van der Waals surface area contributed by atoms with Crippen LogP contribution in [0.4, 0.5) is 0 Å². The van der Waals surface area contributed by atoms with Crippen LogP contribution in [0.1, 0.15) is 61.0 Å². The number of aryl methyl sites for hydroxylation is 1. The van der Waals surface area contributed by atoms with Crippen molar-refractivity contribution in [3.63, 3.8) is 0 Å². The van der Waals surface area contributed by atoms with E-state index in [0.717, 1.165) is 17.5 Å². The van der Waals surface area contributed by atoms with E-state index in [1.807, 2.05) is 34.9 Å². The summed E-state index contributed by atoms with van der Waals surface area (Å²) in [7, 11) is 4.10. The Balaban J connectivity index is 0.00000676. The second-order valence-corrected chi connectivity index (χ2v) is 7.99. The van der Waals surface area contributed by atoms with Crippen molar-refractivity contribution in [1.29, 1.82) is 0 Å². The van der Waals surface area contributed by atoms with Crippen LogP contribution < -0.4 is 10.6 Å². The van der Waals surface area contributed by atoms with Gasteiger partial charge in [-0.25, -0.2) is 9.78 Å². The molecule has 1 atom stereocenters. The topological polar surface area (TPSA) is 78.9 Å². The number of hydrogen-bond acceptors (Lipinski definition) is 6. The van der Waals surface area contributed by atoms with Crippen LogP contribution in [0.5, 0.6) is 0 Å². The molecule has 7 nitrogen and oxygen atoms in total. The smallest absolute Gasteiger partial charge is 0.350 e. The highest BCUT2D eigenvalue weighted by atomic mass is 127. The van der Waals surface area contributed by atoms with Gasteiger partial charge in [0.1, 0.15) is 9.88 Å². The molecule has 0 saturated carbocycles. The number of rotatable bonds is 8. The maximum Gasteiger partial charge on any atom is 0.350 e. The molecular weight excluding hydrogens is 477 g/mol. The average molecular weight is 511 g/mol. The first-order valence-electron chi connectivity index (χ1n) is 8.99. The Morgan fingerprint density at radius 1 is 1.37 bits per heavy atom. The first-order valence-corrected chi connectivity index (χ1v) is 9.80. The van der Waals surface area contributed by atoms with Gasteiger partial charge in [-0.2, -0.15) is 0 Å². The van der Waals surface area contributed by atoms with Crippen LogP contribution >= 0.6 is 35.3 Å². The fraction of sp³-hybridized carbons (Fsp3) is 0.722. The zero-order valence-electron chi connectivity index (χ0n) is 17.7. The van der Waals surface area contributed by atoms with Gasteiger partial charge in [-0.15, -0.1) is 35.3 Å². The van der Waals surface area contributed by atoms with E-state index in [2.05, 4.69) is 34.4 Å². The largest absolute Gasteiger partial charge is 0.462 e. The molecular formula is C18H34IN5O2S. The second-order valence-electron chi connectivity index (χ2n) is 6.96. The summed E-state index contributed by atoms with van der Waals surface area (Å²) >= 11 is 1.37. The highest BCUT2D eigenvalue weighted by Crippen LogP contribution is 2.24. The molecule has 0 aliphatic rings. The van der Waals surface area contributed by atoms with Crippen molar-refractivity contribution < 1.29 is 9.53 Å². The minimum atomic E-state index is -0.311. The molecule has 0 radical (unpaired) electrons. The summed E-state index contributed by atoms with van der Waals surface area (Å²) in [5.74, 6) is 0.426. The Morgan fingerprint density at radius 2 is 2.00 bits per heavy atom. The van der Waals surface area contributed by atoms with Gasteiger partial charge in [0.2, 0.25) is 0 Å². The van der Waals surface area contributed by atoms with Crippen molar-refractivity contribution in [3.05, 3.63) is 15.6 Å². The van der Waals surface area contributed by atoms with Crippen LogP contribution in [0.15, 0.2) is 4.99 Å². The predicted molar refractivity (Wildman–Crippen MR) is 124 cm³/mol. The number of nitrogens with one attached hydrogen (secondary N) is 2. The molecule has 156 valence electrons. The first-order chi connectivity index (χ1) is 12.1. The van der Waals surface area contributed by atoms with Gasteiger partial charge < -0.3 is 20.3 Å². The summed E-state index contributed by atoms with van der Waals surface area (Å²) < 4.78 is 5.09. The number of thiazole rings is 1. The molecule has 0 aromatic carbocycles. The lowest BCUT2D eigenvalue weighted by molar-refractivity contribution is 0.0531. The molecule has 0 aliphatic carbocycles. The van der Waals surface area contributed by atoms with E-state index < -0.39 is 0 Å². The van der Waals surface area contributed by atoms with E-state index in [0.29, 0.717) is 23.7 Å². The fourth-order valence-electron chi connectivity index (χ4n) is 1.99. The number of nitrogens with zero attached hydrogens (tertiary/aromatic N) is 3. The summed E-state index contributed by atoms with van der Waals surface area (Å²) in [6, 6.07) is -0.0675. The van der Waals surface area contributed by atoms with Crippen LogP contribution in [0.25, 0.3) is 0 Å². The Labute approximate surface area is 184 Å². The molecule has 27 heavy (non-hydrogen) atoms. The zero-order valence-corrected chi connectivity index (χ0v) is 20.8. The molecule has 9 heteroatoms. The maximum absolute atomic E-state index is 12.0. The Kier molecular flexibility index (Phi) is 11.4. The zero-order chi connectivity index (χ0) is 19.9. The molecule has 0 amide bonds. The molecule has 1 heterocycles. The number of carbonyl (C=O) groups is 1. The molecule has 1 rings (SSSR count). The lowest BCUT2D eigenvalue weighted by atomic mass is 10.1. The Bertz CT molecular complexity index is 631. The molecule has 0 aliphatic heterocycles. The van der Waals surface area contributed by atoms with Crippen molar-refractivity contribution in [2.24, 2.45) is 4.99 Å². The molecule has 2 N–H and O–H groups in total. The highest BCUT2D eigenvalue weighted by Gasteiger charge is 2.22. The van der Waals surface area contributed by atoms with E-state index in [-0.39, 0.29) is 41.5 Å².